The van der Waals surface area contributed by atoms with E-state index in [-0.39, 0.29) is 24.3 Å². The molecule has 0 spiro atoms. The fourth-order valence-electron chi connectivity index (χ4n) is 2.20. The van der Waals surface area contributed by atoms with Crippen LogP contribution < -0.4 is 10.2 Å². The number of rotatable bonds is 3. The van der Waals surface area contributed by atoms with E-state index < -0.39 is 0 Å². The molecule has 1 aromatic rings. The zero-order valence-electron chi connectivity index (χ0n) is 10.5. The van der Waals surface area contributed by atoms with Crippen LogP contribution in [-0.4, -0.2) is 37.1 Å². The van der Waals surface area contributed by atoms with E-state index in [4.69, 9.17) is 16.7 Å². The Morgan fingerprint density at radius 2 is 2.32 bits per heavy atom. The predicted molar refractivity (Wildman–Crippen MR) is 72.4 cm³/mol. The Morgan fingerprint density at radius 3 is 2.89 bits per heavy atom. The lowest BCUT2D eigenvalue weighted by molar-refractivity contribution is -0.117. The third-order valence-electron chi connectivity index (χ3n) is 3.18. The van der Waals surface area contributed by atoms with Gasteiger partial charge in [0.1, 0.15) is 0 Å². The molecule has 0 bridgehead atoms. The molecule has 5 nitrogen and oxygen atoms in total. The Kier molecular flexibility index (Phi) is 4.07. The lowest BCUT2D eigenvalue weighted by Crippen LogP contribution is -2.29. The predicted octanol–water partition coefficient (Wildman–Crippen LogP) is 1.04. The van der Waals surface area contributed by atoms with Crippen molar-refractivity contribution < 1.29 is 14.7 Å². The van der Waals surface area contributed by atoms with Crippen molar-refractivity contribution >= 4 is 29.1 Å². The van der Waals surface area contributed by atoms with Gasteiger partial charge in [-0.1, -0.05) is 11.6 Å². The quantitative estimate of drug-likeness (QED) is 0.870. The number of carbonyl (C=O) groups excluding carboxylic acids is 2. The van der Waals surface area contributed by atoms with Crippen molar-refractivity contribution in [1.29, 1.82) is 0 Å². The summed E-state index contributed by atoms with van der Waals surface area (Å²) in [6, 6.07) is 4.84. The first kappa shape index (κ1) is 13.8. The van der Waals surface area contributed by atoms with Crippen molar-refractivity contribution in [3.05, 3.63) is 28.8 Å². The monoisotopic (exact) mass is 282 g/mol. The second kappa shape index (κ2) is 5.59. The third kappa shape index (κ3) is 2.72. The van der Waals surface area contributed by atoms with Gasteiger partial charge in [-0.25, -0.2) is 0 Å². The van der Waals surface area contributed by atoms with Gasteiger partial charge in [-0.05, 0) is 18.2 Å². The van der Waals surface area contributed by atoms with Gasteiger partial charge in [-0.3, -0.25) is 9.59 Å². The molecule has 6 heteroatoms. The minimum Gasteiger partial charge on any atom is -0.396 e. The molecule has 2 rings (SSSR count). The number of hydrogen-bond acceptors (Lipinski definition) is 3. The van der Waals surface area contributed by atoms with Crippen LogP contribution in [0, 0.1) is 5.92 Å². The SMILES string of the molecule is CNC(=O)c1cc(Cl)ccc1N1CC(CO)CC1=O. The smallest absolute Gasteiger partial charge is 0.253 e. The van der Waals surface area contributed by atoms with Gasteiger partial charge in [0, 0.05) is 37.6 Å². The molecule has 0 aliphatic carbocycles. The maximum atomic E-state index is 11.9. The number of aliphatic hydroxyl groups is 1. The van der Waals surface area contributed by atoms with E-state index in [1.807, 2.05) is 0 Å². The molecule has 1 aromatic carbocycles. The number of aliphatic hydroxyl groups excluding tert-OH is 1. The lowest BCUT2D eigenvalue weighted by Gasteiger charge is -2.19. The summed E-state index contributed by atoms with van der Waals surface area (Å²) in [5, 5.41) is 12.1. The van der Waals surface area contributed by atoms with Gasteiger partial charge < -0.3 is 15.3 Å². The minimum atomic E-state index is -0.294. The van der Waals surface area contributed by atoms with E-state index in [1.165, 1.54) is 18.0 Å². The Balaban J connectivity index is 2.39. The van der Waals surface area contributed by atoms with Crippen LogP contribution in [0.4, 0.5) is 5.69 Å². The Labute approximate surface area is 116 Å². The highest BCUT2D eigenvalue weighted by Gasteiger charge is 2.32. The summed E-state index contributed by atoms with van der Waals surface area (Å²) >= 11 is 5.89. The molecule has 2 N–H and O–H groups in total. The third-order valence-corrected chi connectivity index (χ3v) is 3.42. The summed E-state index contributed by atoms with van der Waals surface area (Å²) < 4.78 is 0. The van der Waals surface area contributed by atoms with Gasteiger partial charge in [-0.2, -0.15) is 0 Å². The van der Waals surface area contributed by atoms with Crippen molar-refractivity contribution in [2.24, 2.45) is 5.92 Å². The van der Waals surface area contributed by atoms with E-state index >= 15 is 0 Å². The van der Waals surface area contributed by atoms with Gasteiger partial charge >= 0.3 is 0 Å². The van der Waals surface area contributed by atoms with E-state index in [2.05, 4.69) is 5.32 Å². The molecular weight excluding hydrogens is 268 g/mol. The number of halogens is 1. The summed E-state index contributed by atoms with van der Waals surface area (Å²) in [5.41, 5.74) is 0.895. The van der Waals surface area contributed by atoms with Crippen LogP contribution in [0.2, 0.25) is 5.02 Å². The van der Waals surface area contributed by atoms with Crippen LogP contribution in [-0.2, 0) is 4.79 Å². The largest absolute Gasteiger partial charge is 0.396 e. The van der Waals surface area contributed by atoms with Crippen molar-refractivity contribution in [1.82, 2.24) is 5.32 Å². The number of anilines is 1. The molecule has 19 heavy (non-hydrogen) atoms. The number of hydrogen-bond donors (Lipinski definition) is 2. The second-order valence-electron chi connectivity index (χ2n) is 4.50. The van der Waals surface area contributed by atoms with Crippen LogP contribution in [0.5, 0.6) is 0 Å². The Bertz CT molecular complexity index is 519. The molecular formula is C13H15ClN2O3. The highest BCUT2D eigenvalue weighted by Crippen LogP contribution is 2.29. The summed E-state index contributed by atoms with van der Waals surface area (Å²) in [6.45, 7) is 0.381. The average molecular weight is 283 g/mol. The second-order valence-corrected chi connectivity index (χ2v) is 4.93. The van der Waals surface area contributed by atoms with Crippen LogP contribution in [0.15, 0.2) is 18.2 Å². The molecule has 1 unspecified atom stereocenters. The Morgan fingerprint density at radius 1 is 1.58 bits per heavy atom. The topological polar surface area (TPSA) is 69.6 Å². The molecule has 102 valence electrons. The number of amides is 2. The van der Waals surface area contributed by atoms with Crippen LogP contribution >= 0.6 is 11.6 Å². The van der Waals surface area contributed by atoms with Gasteiger partial charge in [0.25, 0.3) is 5.91 Å². The summed E-state index contributed by atoms with van der Waals surface area (Å²) in [4.78, 5) is 25.3. The first-order valence-corrected chi connectivity index (χ1v) is 6.37. The van der Waals surface area contributed by atoms with Gasteiger partial charge in [-0.15, -0.1) is 0 Å². The molecule has 0 aromatic heterocycles. The normalized spacial score (nSPS) is 18.8. The first-order valence-electron chi connectivity index (χ1n) is 5.99. The highest BCUT2D eigenvalue weighted by atomic mass is 35.5. The number of nitrogens with zero attached hydrogens (tertiary/aromatic N) is 1. The molecule has 1 saturated heterocycles. The van der Waals surface area contributed by atoms with Crippen molar-refractivity contribution in [2.45, 2.75) is 6.42 Å². The van der Waals surface area contributed by atoms with E-state index in [1.54, 1.807) is 12.1 Å². The molecule has 1 aliphatic rings. The van der Waals surface area contributed by atoms with E-state index in [0.717, 1.165) is 0 Å². The maximum Gasteiger partial charge on any atom is 0.253 e. The van der Waals surface area contributed by atoms with Crippen LogP contribution in [0.25, 0.3) is 0 Å². The number of benzene rings is 1. The van der Waals surface area contributed by atoms with Crippen molar-refractivity contribution in [2.75, 3.05) is 25.1 Å². The molecule has 1 atom stereocenters. The molecule has 0 saturated carbocycles. The van der Waals surface area contributed by atoms with E-state index in [9.17, 15) is 9.59 Å². The fourth-order valence-corrected chi connectivity index (χ4v) is 2.37. The average Bonchev–Trinajstić information content (AvgIpc) is 2.79. The standard InChI is InChI=1S/C13H15ClN2O3/c1-15-13(19)10-5-9(14)2-3-11(10)16-6-8(7-17)4-12(16)18/h2-3,5,8,17H,4,6-7H2,1H3,(H,15,19). The number of nitrogens with one attached hydrogen (secondary N) is 1. The fraction of sp³-hybridized carbons (Fsp3) is 0.385. The zero-order chi connectivity index (χ0) is 14.0. The van der Waals surface area contributed by atoms with Crippen molar-refractivity contribution in [3.63, 3.8) is 0 Å². The summed E-state index contributed by atoms with van der Waals surface area (Å²) in [7, 11) is 1.52. The van der Waals surface area contributed by atoms with Gasteiger partial charge in [0.05, 0.1) is 11.3 Å². The van der Waals surface area contributed by atoms with Crippen LogP contribution in [0.1, 0.15) is 16.8 Å². The summed E-state index contributed by atoms with van der Waals surface area (Å²) in [6.07, 6.45) is 0.298. The van der Waals surface area contributed by atoms with Gasteiger partial charge in [0.2, 0.25) is 5.91 Å². The lowest BCUT2D eigenvalue weighted by atomic mass is 10.1. The zero-order valence-corrected chi connectivity index (χ0v) is 11.3. The highest BCUT2D eigenvalue weighted by molar-refractivity contribution is 6.31. The maximum absolute atomic E-state index is 11.9. The van der Waals surface area contributed by atoms with E-state index in [0.29, 0.717) is 29.2 Å². The van der Waals surface area contributed by atoms with Crippen LogP contribution in [0.3, 0.4) is 0 Å². The summed E-state index contributed by atoms with van der Waals surface area (Å²) in [5.74, 6) is -0.468. The first-order chi connectivity index (χ1) is 9.06. The number of carbonyl (C=O) groups is 2. The molecule has 1 aliphatic heterocycles. The minimum absolute atomic E-state index is 0.0366. The molecule has 0 radical (unpaired) electrons. The van der Waals surface area contributed by atoms with Crippen molar-refractivity contribution in [3.8, 4) is 0 Å². The molecule has 2 amide bonds. The molecule has 1 heterocycles. The Hall–Kier alpha value is -1.59. The van der Waals surface area contributed by atoms with Gasteiger partial charge in [0.15, 0.2) is 0 Å². The molecule has 1 fully saturated rings.